The molecule has 21 heavy (non-hydrogen) atoms. The Morgan fingerprint density at radius 1 is 1.10 bits per heavy atom. The molecule has 1 aromatic rings. The van der Waals surface area contributed by atoms with Gasteiger partial charge in [0.15, 0.2) is 0 Å². The lowest BCUT2D eigenvalue weighted by atomic mass is 9.86. The minimum absolute atomic E-state index is 0.180. The van der Waals surface area contributed by atoms with Crippen LogP contribution >= 0.6 is 15.9 Å². The standard InChI is InChI=1S/C16H21BrN2O2/c1-2-3-4-10-16(14(20)18-15(21)19-16)11-9-12-5-7-13(17)8-6-12/h5-8H,2-4,9-11H2,1H3,(H2,18,19,20,21). The van der Waals surface area contributed by atoms with Crippen molar-refractivity contribution in [2.24, 2.45) is 0 Å². The van der Waals surface area contributed by atoms with Crippen LogP contribution in [0.2, 0.25) is 0 Å². The van der Waals surface area contributed by atoms with Crippen LogP contribution in [0.3, 0.4) is 0 Å². The predicted octanol–water partition coefficient (Wildman–Crippen LogP) is 3.54. The fourth-order valence-corrected chi connectivity index (χ4v) is 2.96. The largest absolute Gasteiger partial charge is 0.323 e. The van der Waals surface area contributed by atoms with Gasteiger partial charge < -0.3 is 5.32 Å². The van der Waals surface area contributed by atoms with Crippen LogP contribution in [0.4, 0.5) is 4.79 Å². The minimum Gasteiger partial charge on any atom is -0.323 e. The lowest BCUT2D eigenvalue weighted by molar-refractivity contribution is -0.124. The van der Waals surface area contributed by atoms with Crippen molar-refractivity contribution in [1.82, 2.24) is 10.6 Å². The minimum atomic E-state index is -0.737. The van der Waals surface area contributed by atoms with Gasteiger partial charge in [-0.05, 0) is 37.0 Å². The van der Waals surface area contributed by atoms with E-state index in [2.05, 4.69) is 33.5 Å². The molecule has 114 valence electrons. The van der Waals surface area contributed by atoms with Crippen LogP contribution in [0.15, 0.2) is 28.7 Å². The SMILES string of the molecule is CCCCCC1(CCc2ccc(Br)cc2)NC(=O)NC1=O. The van der Waals surface area contributed by atoms with E-state index in [-0.39, 0.29) is 11.9 Å². The van der Waals surface area contributed by atoms with Crippen LogP contribution in [0.5, 0.6) is 0 Å². The topological polar surface area (TPSA) is 58.2 Å². The number of halogens is 1. The maximum Gasteiger partial charge on any atom is 0.322 e. The van der Waals surface area contributed by atoms with E-state index in [1.165, 1.54) is 5.56 Å². The van der Waals surface area contributed by atoms with Crippen molar-refractivity contribution in [3.63, 3.8) is 0 Å². The third kappa shape index (κ3) is 4.06. The van der Waals surface area contributed by atoms with Crippen molar-refractivity contribution >= 4 is 27.9 Å². The zero-order chi connectivity index (χ0) is 15.3. The molecule has 1 fully saturated rings. The second-order valence-corrected chi connectivity index (χ2v) is 6.49. The molecule has 2 rings (SSSR count). The van der Waals surface area contributed by atoms with E-state index in [9.17, 15) is 9.59 Å². The number of nitrogens with one attached hydrogen (secondary N) is 2. The number of unbranched alkanes of at least 4 members (excludes halogenated alkanes) is 2. The summed E-state index contributed by atoms with van der Waals surface area (Å²) in [5.74, 6) is -0.180. The molecule has 1 unspecified atom stereocenters. The number of carbonyl (C=O) groups is 2. The van der Waals surface area contributed by atoms with Gasteiger partial charge in [0.25, 0.3) is 5.91 Å². The summed E-state index contributed by atoms with van der Waals surface area (Å²) in [6, 6.07) is 7.70. The third-order valence-corrected chi connectivity index (χ3v) is 4.50. The normalized spacial score (nSPS) is 21.2. The highest BCUT2D eigenvalue weighted by Gasteiger charge is 2.44. The summed E-state index contributed by atoms with van der Waals surface area (Å²) in [6.45, 7) is 2.13. The number of rotatable bonds is 7. The van der Waals surface area contributed by atoms with E-state index in [0.29, 0.717) is 12.8 Å². The molecule has 1 aliphatic heterocycles. The molecule has 2 N–H and O–H groups in total. The van der Waals surface area contributed by atoms with Crippen molar-refractivity contribution in [2.75, 3.05) is 0 Å². The number of amides is 3. The van der Waals surface area contributed by atoms with Gasteiger partial charge in [0.1, 0.15) is 5.54 Å². The molecule has 5 heteroatoms. The van der Waals surface area contributed by atoms with Gasteiger partial charge >= 0.3 is 6.03 Å². The average molecular weight is 353 g/mol. The van der Waals surface area contributed by atoms with Crippen LogP contribution in [0.1, 0.15) is 44.6 Å². The maximum atomic E-state index is 12.2. The zero-order valence-corrected chi connectivity index (χ0v) is 13.8. The number of imide groups is 1. The van der Waals surface area contributed by atoms with Gasteiger partial charge in [0.2, 0.25) is 0 Å². The molecule has 0 radical (unpaired) electrons. The van der Waals surface area contributed by atoms with Crippen molar-refractivity contribution < 1.29 is 9.59 Å². The molecule has 1 saturated heterocycles. The molecule has 3 amide bonds. The number of hydrogen-bond donors (Lipinski definition) is 2. The first-order valence-electron chi connectivity index (χ1n) is 7.44. The van der Waals surface area contributed by atoms with Gasteiger partial charge in [-0.25, -0.2) is 4.79 Å². The van der Waals surface area contributed by atoms with Crippen LogP contribution in [0, 0.1) is 0 Å². The first-order chi connectivity index (χ1) is 10.1. The molecule has 0 saturated carbocycles. The van der Waals surface area contributed by atoms with Gasteiger partial charge in [-0.1, -0.05) is 54.2 Å². The number of urea groups is 1. The molecule has 0 aromatic heterocycles. The zero-order valence-electron chi connectivity index (χ0n) is 12.2. The summed E-state index contributed by atoms with van der Waals surface area (Å²) in [6.07, 6.45) is 5.23. The molecular formula is C16H21BrN2O2. The summed E-state index contributed by atoms with van der Waals surface area (Å²) >= 11 is 3.41. The number of benzene rings is 1. The number of carbonyl (C=O) groups excluding carboxylic acids is 2. The molecule has 1 aromatic carbocycles. The smallest absolute Gasteiger partial charge is 0.322 e. The lowest BCUT2D eigenvalue weighted by Gasteiger charge is -2.26. The molecule has 1 aliphatic rings. The Labute approximate surface area is 133 Å². The van der Waals surface area contributed by atoms with Crippen molar-refractivity contribution in [1.29, 1.82) is 0 Å². The van der Waals surface area contributed by atoms with E-state index in [4.69, 9.17) is 0 Å². The van der Waals surface area contributed by atoms with Crippen molar-refractivity contribution in [3.8, 4) is 0 Å². The Bertz CT molecular complexity index is 516. The Balaban J connectivity index is 2.03. The van der Waals surface area contributed by atoms with Crippen LogP contribution in [-0.4, -0.2) is 17.5 Å². The molecule has 1 atom stereocenters. The monoisotopic (exact) mass is 352 g/mol. The van der Waals surface area contributed by atoms with Gasteiger partial charge in [-0.2, -0.15) is 0 Å². The van der Waals surface area contributed by atoms with Crippen LogP contribution in [0.25, 0.3) is 0 Å². The predicted molar refractivity (Wildman–Crippen MR) is 86.0 cm³/mol. The summed E-state index contributed by atoms with van der Waals surface area (Å²) in [5.41, 5.74) is 0.432. The quantitative estimate of drug-likeness (QED) is 0.582. The van der Waals surface area contributed by atoms with E-state index in [0.717, 1.165) is 30.2 Å². The van der Waals surface area contributed by atoms with Gasteiger partial charge in [0.05, 0.1) is 0 Å². The second-order valence-electron chi connectivity index (χ2n) is 5.57. The van der Waals surface area contributed by atoms with Crippen molar-refractivity contribution in [2.45, 2.75) is 51.0 Å². The van der Waals surface area contributed by atoms with Crippen LogP contribution < -0.4 is 10.6 Å². The highest BCUT2D eigenvalue weighted by Crippen LogP contribution is 2.25. The molecule has 0 spiro atoms. The van der Waals surface area contributed by atoms with Gasteiger partial charge in [-0.3, -0.25) is 10.1 Å². The van der Waals surface area contributed by atoms with Crippen molar-refractivity contribution in [3.05, 3.63) is 34.3 Å². The maximum absolute atomic E-state index is 12.2. The van der Waals surface area contributed by atoms with Gasteiger partial charge in [-0.15, -0.1) is 0 Å². The van der Waals surface area contributed by atoms with E-state index < -0.39 is 5.54 Å². The third-order valence-electron chi connectivity index (χ3n) is 3.98. The molecule has 1 heterocycles. The average Bonchev–Trinajstić information content (AvgIpc) is 2.73. The number of aryl methyl sites for hydroxylation is 1. The fourth-order valence-electron chi connectivity index (χ4n) is 2.69. The molecular weight excluding hydrogens is 332 g/mol. The van der Waals surface area contributed by atoms with Crippen LogP contribution in [-0.2, 0) is 11.2 Å². The lowest BCUT2D eigenvalue weighted by Crippen LogP contribution is -2.47. The first-order valence-corrected chi connectivity index (χ1v) is 8.23. The number of hydrogen-bond acceptors (Lipinski definition) is 2. The Morgan fingerprint density at radius 2 is 1.81 bits per heavy atom. The van der Waals surface area contributed by atoms with E-state index >= 15 is 0 Å². The first kappa shape index (κ1) is 16.0. The summed E-state index contributed by atoms with van der Waals surface area (Å²) in [4.78, 5) is 23.7. The summed E-state index contributed by atoms with van der Waals surface area (Å²) in [5, 5.41) is 5.23. The van der Waals surface area contributed by atoms with E-state index in [1.54, 1.807) is 0 Å². The molecule has 0 bridgehead atoms. The van der Waals surface area contributed by atoms with E-state index in [1.807, 2.05) is 24.3 Å². The Morgan fingerprint density at radius 3 is 2.38 bits per heavy atom. The summed E-state index contributed by atoms with van der Waals surface area (Å²) < 4.78 is 1.04. The summed E-state index contributed by atoms with van der Waals surface area (Å²) in [7, 11) is 0. The van der Waals surface area contributed by atoms with Gasteiger partial charge in [0, 0.05) is 4.47 Å². The molecule has 4 nitrogen and oxygen atoms in total. The Kier molecular flexibility index (Phi) is 5.39. The second kappa shape index (κ2) is 7.07. The highest BCUT2D eigenvalue weighted by atomic mass is 79.9. The highest BCUT2D eigenvalue weighted by molar-refractivity contribution is 9.10. The molecule has 0 aliphatic carbocycles. The fraction of sp³-hybridized carbons (Fsp3) is 0.500. The Hall–Kier alpha value is -1.36.